The number of rotatable bonds is 5. The number of hydrogen-bond acceptors (Lipinski definition) is 3. The summed E-state index contributed by atoms with van der Waals surface area (Å²) >= 11 is 6.08. The molecule has 2 aliphatic heterocycles. The van der Waals surface area contributed by atoms with Gasteiger partial charge in [0.05, 0.1) is 5.02 Å². The molecular formula is C23H25ClN2O3. The fourth-order valence-corrected chi connectivity index (χ4v) is 4.57. The van der Waals surface area contributed by atoms with Crippen molar-refractivity contribution in [2.75, 3.05) is 19.7 Å². The van der Waals surface area contributed by atoms with Crippen molar-refractivity contribution in [3.63, 3.8) is 0 Å². The first-order chi connectivity index (χ1) is 14.1. The number of nitrogens with zero attached hydrogens (tertiary/aromatic N) is 2. The number of amides is 2. The normalized spacial score (nSPS) is 18.3. The Kier molecular flexibility index (Phi) is 5.76. The van der Waals surface area contributed by atoms with Crippen LogP contribution < -0.4 is 4.74 Å². The molecule has 1 spiro atoms. The average molecular weight is 413 g/mol. The molecule has 152 valence electrons. The van der Waals surface area contributed by atoms with Crippen molar-refractivity contribution in [3.05, 3.63) is 65.2 Å². The number of carbonyl (C=O) groups excluding carboxylic acids is 2. The first-order valence-corrected chi connectivity index (χ1v) is 10.4. The second-order valence-corrected chi connectivity index (χ2v) is 8.20. The predicted molar refractivity (Wildman–Crippen MR) is 112 cm³/mol. The zero-order valence-corrected chi connectivity index (χ0v) is 17.1. The molecule has 2 saturated heterocycles. The summed E-state index contributed by atoms with van der Waals surface area (Å²) in [5.74, 6) is 0.695. The SMILES string of the molecule is O=C(COc1ccccc1Cl)N1CCC2(CCC(=O)N2Cc2ccccc2)CC1. The van der Waals surface area contributed by atoms with Crippen molar-refractivity contribution >= 4 is 23.4 Å². The van der Waals surface area contributed by atoms with Gasteiger partial charge in [0.2, 0.25) is 5.91 Å². The van der Waals surface area contributed by atoms with Crippen molar-refractivity contribution in [3.8, 4) is 5.75 Å². The minimum absolute atomic E-state index is 0.0244. The van der Waals surface area contributed by atoms with Gasteiger partial charge in [-0.25, -0.2) is 0 Å². The van der Waals surface area contributed by atoms with Gasteiger partial charge in [0.1, 0.15) is 5.75 Å². The second kappa shape index (κ2) is 8.46. The van der Waals surface area contributed by atoms with Crippen LogP contribution in [0.25, 0.3) is 0 Å². The number of benzene rings is 2. The van der Waals surface area contributed by atoms with E-state index in [-0.39, 0.29) is 24.0 Å². The van der Waals surface area contributed by atoms with Crippen molar-refractivity contribution in [2.24, 2.45) is 0 Å². The number of ether oxygens (including phenoxy) is 1. The summed E-state index contributed by atoms with van der Waals surface area (Å²) in [4.78, 5) is 29.1. The highest BCUT2D eigenvalue weighted by molar-refractivity contribution is 6.32. The largest absolute Gasteiger partial charge is 0.482 e. The summed E-state index contributed by atoms with van der Waals surface area (Å²) in [6, 6.07) is 17.3. The third-order valence-electron chi connectivity index (χ3n) is 6.10. The maximum absolute atomic E-state index is 12.6. The van der Waals surface area contributed by atoms with Crippen molar-refractivity contribution in [1.82, 2.24) is 9.80 Å². The zero-order valence-electron chi connectivity index (χ0n) is 16.4. The molecular weight excluding hydrogens is 388 g/mol. The quantitative estimate of drug-likeness (QED) is 0.748. The summed E-state index contributed by atoms with van der Waals surface area (Å²) in [5, 5.41) is 0.499. The van der Waals surface area contributed by atoms with Gasteiger partial charge in [-0.1, -0.05) is 54.1 Å². The molecule has 0 atom stereocenters. The average Bonchev–Trinajstić information content (AvgIpc) is 3.04. The van der Waals surface area contributed by atoms with Gasteiger partial charge in [0, 0.05) is 31.6 Å². The lowest BCUT2D eigenvalue weighted by atomic mass is 9.84. The Bertz CT molecular complexity index is 879. The van der Waals surface area contributed by atoms with E-state index < -0.39 is 0 Å². The molecule has 0 radical (unpaired) electrons. The summed E-state index contributed by atoms with van der Waals surface area (Å²) < 4.78 is 5.60. The highest BCUT2D eigenvalue weighted by Crippen LogP contribution is 2.40. The smallest absolute Gasteiger partial charge is 0.260 e. The molecule has 2 heterocycles. The van der Waals surface area contributed by atoms with E-state index in [1.54, 1.807) is 12.1 Å². The minimum Gasteiger partial charge on any atom is -0.482 e. The maximum atomic E-state index is 12.6. The Hall–Kier alpha value is -2.53. The van der Waals surface area contributed by atoms with Gasteiger partial charge >= 0.3 is 0 Å². The first kappa shape index (κ1) is 19.8. The van der Waals surface area contributed by atoms with Crippen molar-refractivity contribution in [2.45, 2.75) is 37.8 Å². The van der Waals surface area contributed by atoms with Crippen LogP contribution in [0.2, 0.25) is 5.02 Å². The molecule has 29 heavy (non-hydrogen) atoms. The fraction of sp³-hybridized carbons (Fsp3) is 0.391. The van der Waals surface area contributed by atoms with Crippen LogP contribution in [0.5, 0.6) is 5.75 Å². The lowest BCUT2D eigenvalue weighted by Gasteiger charge is -2.45. The van der Waals surface area contributed by atoms with Crippen LogP contribution >= 0.6 is 11.6 Å². The number of piperidine rings is 1. The number of carbonyl (C=O) groups is 2. The number of hydrogen-bond donors (Lipinski definition) is 0. The summed E-state index contributed by atoms with van der Waals surface area (Å²) in [5.41, 5.74) is 1.02. The molecule has 4 rings (SSSR count). The van der Waals surface area contributed by atoms with Crippen LogP contribution in [-0.2, 0) is 16.1 Å². The number of likely N-dealkylation sites (tertiary alicyclic amines) is 2. The highest BCUT2D eigenvalue weighted by atomic mass is 35.5. The van der Waals surface area contributed by atoms with Crippen LogP contribution in [0, 0.1) is 0 Å². The van der Waals surface area contributed by atoms with Crippen molar-refractivity contribution in [1.29, 1.82) is 0 Å². The molecule has 6 heteroatoms. The fourth-order valence-electron chi connectivity index (χ4n) is 4.38. The van der Waals surface area contributed by atoms with E-state index in [1.165, 1.54) is 0 Å². The van der Waals surface area contributed by atoms with Gasteiger partial charge in [0.15, 0.2) is 6.61 Å². The summed E-state index contributed by atoms with van der Waals surface area (Å²) in [6.45, 7) is 1.90. The van der Waals surface area contributed by atoms with E-state index in [0.717, 1.165) is 24.8 Å². The lowest BCUT2D eigenvalue weighted by molar-refractivity contribution is -0.138. The van der Waals surface area contributed by atoms with Gasteiger partial charge in [-0.05, 0) is 37.0 Å². The second-order valence-electron chi connectivity index (χ2n) is 7.79. The zero-order chi connectivity index (χ0) is 20.3. The molecule has 2 amide bonds. The van der Waals surface area contributed by atoms with Gasteiger partial charge in [0.25, 0.3) is 5.91 Å². The molecule has 2 aromatic rings. The summed E-state index contributed by atoms with van der Waals surface area (Å²) in [7, 11) is 0. The van der Waals surface area contributed by atoms with Crippen LogP contribution in [0.4, 0.5) is 0 Å². The molecule has 0 aromatic heterocycles. The first-order valence-electron chi connectivity index (χ1n) is 10.1. The van der Waals surface area contributed by atoms with E-state index in [2.05, 4.69) is 12.1 Å². The van der Waals surface area contributed by atoms with Gasteiger partial charge in [-0.15, -0.1) is 0 Å². The van der Waals surface area contributed by atoms with Crippen LogP contribution in [0.3, 0.4) is 0 Å². The van der Waals surface area contributed by atoms with E-state index >= 15 is 0 Å². The summed E-state index contributed by atoms with van der Waals surface area (Å²) in [6.07, 6.45) is 3.08. The Balaban J connectivity index is 1.35. The molecule has 5 nitrogen and oxygen atoms in total. The molecule has 0 unspecified atom stereocenters. The van der Waals surface area contributed by atoms with E-state index in [4.69, 9.17) is 16.3 Å². The Morgan fingerprint density at radius 3 is 2.41 bits per heavy atom. The lowest BCUT2D eigenvalue weighted by Crippen LogP contribution is -2.54. The van der Waals surface area contributed by atoms with Crippen LogP contribution in [0.15, 0.2) is 54.6 Å². The van der Waals surface area contributed by atoms with Crippen molar-refractivity contribution < 1.29 is 14.3 Å². The molecule has 0 saturated carbocycles. The molecule has 2 fully saturated rings. The predicted octanol–water partition coefficient (Wildman–Crippen LogP) is 3.90. The number of para-hydroxylation sites is 1. The van der Waals surface area contributed by atoms with Gasteiger partial charge in [-0.2, -0.15) is 0 Å². The Labute approximate surface area is 176 Å². The monoisotopic (exact) mass is 412 g/mol. The topological polar surface area (TPSA) is 49.9 Å². The standard InChI is InChI=1S/C23H25ClN2O3/c24-19-8-4-5-9-20(19)29-17-22(28)25-14-12-23(13-15-25)11-10-21(27)26(23)16-18-6-2-1-3-7-18/h1-9H,10-17H2. The highest BCUT2D eigenvalue weighted by Gasteiger charge is 2.47. The van der Waals surface area contributed by atoms with Gasteiger partial charge < -0.3 is 14.5 Å². The Morgan fingerprint density at radius 1 is 1.00 bits per heavy atom. The van der Waals surface area contributed by atoms with E-state index in [9.17, 15) is 9.59 Å². The third kappa shape index (κ3) is 4.25. The molecule has 0 aliphatic carbocycles. The van der Waals surface area contributed by atoms with E-state index in [0.29, 0.717) is 36.8 Å². The van der Waals surface area contributed by atoms with E-state index in [1.807, 2.05) is 40.1 Å². The maximum Gasteiger partial charge on any atom is 0.260 e. The number of halogens is 1. The Morgan fingerprint density at radius 2 is 1.69 bits per heavy atom. The molecule has 2 aliphatic rings. The van der Waals surface area contributed by atoms with Crippen LogP contribution in [-0.4, -0.2) is 46.8 Å². The molecule has 0 N–H and O–H groups in total. The minimum atomic E-state index is -0.132. The van der Waals surface area contributed by atoms with Gasteiger partial charge in [-0.3, -0.25) is 9.59 Å². The molecule has 0 bridgehead atoms. The molecule has 2 aromatic carbocycles. The third-order valence-corrected chi connectivity index (χ3v) is 6.41. The van der Waals surface area contributed by atoms with Crippen LogP contribution in [0.1, 0.15) is 31.2 Å².